The smallest absolute Gasteiger partial charge is 0.330 e. The van der Waals surface area contributed by atoms with E-state index in [4.69, 9.17) is 23.7 Å². The van der Waals surface area contributed by atoms with Crippen LogP contribution in [0.3, 0.4) is 0 Å². The van der Waals surface area contributed by atoms with Crippen LogP contribution in [0.25, 0.3) is 0 Å². The van der Waals surface area contributed by atoms with E-state index in [1.54, 1.807) is 7.05 Å². The molecule has 0 aliphatic carbocycles. The minimum absolute atomic E-state index is 0.174. The summed E-state index contributed by atoms with van der Waals surface area (Å²) in [5, 5.41) is 20.6. The summed E-state index contributed by atoms with van der Waals surface area (Å²) in [6, 6.07) is 2.36. The van der Waals surface area contributed by atoms with E-state index in [1.165, 1.54) is 43.3 Å². The number of methoxy groups -OCH3 is 2. The number of aliphatic hydroxyl groups is 2. The Balaban J connectivity index is 1.36. The van der Waals surface area contributed by atoms with Crippen LogP contribution in [0.15, 0.2) is 43.7 Å². The molecule has 0 unspecified atom stereocenters. The average Bonchev–Trinajstić information content (AvgIpc) is 3.40. The molecule has 39 heavy (non-hydrogen) atoms. The number of ether oxygens (including phenoxy) is 5. The number of hydrogen-bond donors (Lipinski definition) is 4. The summed E-state index contributed by atoms with van der Waals surface area (Å²) >= 11 is 0. The van der Waals surface area contributed by atoms with Gasteiger partial charge in [-0.05, 0) is 7.05 Å². The molecular weight excluding hydrogens is 522 g/mol. The Labute approximate surface area is 221 Å². The van der Waals surface area contributed by atoms with Gasteiger partial charge in [0.05, 0.1) is 13.2 Å². The molecule has 216 valence electrons. The summed E-state index contributed by atoms with van der Waals surface area (Å²) in [7, 11) is 4.60. The lowest BCUT2D eigenvalue weighted by atomic mass is 10.1. The van der Waals surface area contributed by atoms with Gasteiger partial charge in [0.25, 0.3) is 11.1 Å². The van der Waals surface area contributed by atoms with Crippen molar-refractivity contribution >= 4 is 0 Å². The molecule has 16 nitrogen and oxygen atoms in total. The Morgan fingerprint density at radius 3 is 1.95 bits per heavy atom. The molecule has 8 atom stereocenters. The predicted molar refractivity (Wildman–Crippen MR) is 132 cm³/mol. The van der Waals surface area contributed by atoms with Gasteiger partial charge >= 0.3 is 11.4 Å². The van der Waals surface area contributed by atoms with Crippen molar-refractivity contribution in [1.82, 2.24) is 24.0 Å². The van der Waals surface area contributed by atoms with Crippen molar-refractivity contribution in [3.05, 3.63) is 66.2 Å². The number of aromatic amines is 2. The number of rotatable bonds is 11. The van der Waals surface area contributed by atoms with Gasteiger partial charge in [0.1, 0.15) is 36.6 Å². The van der Waals surface area contributed by atoms with E-state index >= 15 is 0 Å². The zero-order valence-electron chi connectivity index (χ0n) is 21.7. The summed E-state index contributed by atoms with van der Waals surface area (Å²) in [5.74, 6) is 0. The number of aromatic nitrogens is 4. The summed E-state index contributed by atoms with van der Waals surface area (Å²) in [5.41, 5.74) is -2.47. The first-order chi connectivity index (χ1) is 18.7. The molecule has 0 radical (unpaired) electrons. The Kier molecular flexibility index (Phi) is 9.29. The van der Waals surface area contributed by atoms with Gasteiger partial charge < -0.3 is 38.8 Å². The van der Waals surface area contributed by atoms with Crippen LogP contribution in [-0.4, -0.2) is 118 Å². The van der Waals surface area contributed by atoms with Crippen LogP contribution in [0, 0.1) is 0 Å². The van der Waals surface area contributed by atoms with Crippen molar-refractivity contribution < 1.29 is 33.9 Å². The molecule has 0 amide bonds. The highest BCUT2D eigenvalue weighted by molar-refractivity contribution is 4.96. The summed E-state index contributed by atoms with van der Waals surface area (Å²) < 4.78 is 31.0. The molecule has 4 rings (SSSR count). The van der Waals surface area contributed by atoms with Crippen LogP contribution < -0.4 is 22.5 Å². The van der Waals surface area contributed by atoms with E-state index in [2.05, 4.69) is 9.97 Å². The quantitative estimate of drug-likeness (QED) is 0.214. The molecule has 2 aromatic rings. The van der Waals surface area contributed by atoms with Crippen molar-refractivity contribution in [3.8, 4) is 0 Å². The van der Waals surface area contributed by atoms with Crippen molar-refractivity contribution in [1.29, 1.82) is 0 Å². The number of hydrogen-bond acceptors (Lipinski definition) is 12. The van der Waals surface area contributed by atoms with Crippen molar-refractivity contribution in [2.24, 2.45) is 0 Å². The van der Waals surface area contributed by atoms with Crippen molar-refractivity contribution in [3.63, 3.8) is 0 Å². The van der Waals surface area contributed by atoms with Crippen LogP contribution >= 0.6 is 0 Å². The lowest BCUT2D eigenvalue weighted by Crippen LogP contribution is -2.42. The number of aliphatic hydroxyl groups excluding tert-OH is 2. The highest BCUT2D eigenvalue weighted by Crippen LogP contribution is 2.33. The minimum Gasteiger partial charge on any atom is -0.394 e. The van der Waals surface area contributed by atoms with Crippen LogP contribution in [0.4, 0.5) is 0 Å². The van der Waals surface area contributed by atoms with E-state index in [0.29, 0.717) is 6.54 Å². The Bertz CT molecular complexity index is 1340. The second-order valence-corrected chi connectivity index (χ2v) is 9.34. The first-order valence-electron chi connectivity index (χ1n) is 12.3. The molecule has 0 saturated carbocycles. The zero-order chi connectivity index (χ0) is 28.3. The van der Waals surface area contributed by atoms with E-state index < -0.39 is 71.6 Å². The number of H-pyrrole nitrogens is 2. The Morgan fingerprint density at radius 2 is 1.44 bits per heavy atom. The molecule has 2 fully saturated rings. The van der Waals surface area contributed by atoms with Gasteiger partial charge in [-0.25, -0.2) is 9.59 Å². The zero-order valence-corrected chi connectivity index (χ0v) is 21.7. The molecule has 0 bridgehead atoms. The van der Waals surface area contributed by atoms with Gasteiger partial charge in [0.2, 0.25) is 0 Å². The third kappa shape index (κ3) is 6.12. The number of likely N-dealkylation sites (N-methyl/N-ethyl adjacent to an activating group) is 1. The largest absolute Gasteiger partial charge is 0.394 e. The lowest BCUT2D eigenvalue weighted by molar-refractivity contribution is -0.0713. The van der Waals surface area contributed by atoms with Gasteiger partial charge in [-0.15, -0.1) is 0 Å². The maximum absolute atomic E-state index is 12.3. The topological polar surface area (TPSA) is 200 Å². The molecule has 2 aromatic heterocycles. The highest BCUT2D eigenvalue weighted by Gasteiger charge is 2.47. The third-order valence-corrected chi connectivity index (χ3v) is 6.85. The summed E-state index contributed by atoms with van der Waals surface area (Å²) in [6.45, 7) is 0.420. The Hall–Kier alpha value is -2.96. The first kappa shape index (κ1) is 29.0. The predicted octanol–water partition coefficient (Wildman–Crippen LogP) is -3.42. The fraction of sp³-hybridized carbons (Fsp3) is 0.652. The molecule has 0 aromatic carbocycles. The second-order valence-electron chi connectivity index (χ2n) is 9.34. The van der Waals surface area contributed by atoms with Crippen LogP contribution in [0.1, 0.15) is 12.5 Å². The fourth-order valence-corrected chi connectivity index (χ4v) is 4.88. The van der Waals surface area contributed by atoms with Crippen molar-refractivity contribution in [2.75, 3.05) is 47.6 Å². The van der Waals surface area contributed by atoms with Crippen LogP contribution in [-0.2, 0) is 23.7 Å². The molecule has 2 aliphatic rings. The SMILES string of the molecule is CO[C@@H]1[C@H](O)[C@@H](CN(C)CCO[C@H]2[C@@H](OC)[C@H](n3ccc(=O)[nH]c3=O)O[C@@H]2CO)O[C@H]1n1ccc(=O)[nH]c1=O. The van der Waals surface area contributed by atoms with Gasteiger partial charge in [-0.3, -0.25) is 28.7 Å². The molecule has 4 N–H and O–H groups in total. The number of nitrogens with zero attached hydrogens (tertiary/aromatic N) is 3. The maximum atomic E-state index is 12.3. The second kappa shape index (κ2) is 12.5. The summed E-state index contributed by atoms with van der Waals surface area (Å²) in [6.07, 6.45) is -4.19. The van der Waals surface area contributed by atoms with Crippen molar-refractivity contribution in [2.45, 2.75) is 49.1 Å². The third-order valence-electron chi connectivity index (χ3n) is 6.85. The van der Waals surface area contributed by atoms with Gasteiger partial charge in [-0.2, -0.15) is 0 Å². The highest BCUT2D eigenvalue weighted by atomic mass is 16.6. The Morgan fingerprint density at radius 1 is 0.897 bits per heavy atom. The summed E-state index contributed by atoms with van der Waals surface area (Å²) in [4.78, 5) is 53.5. The van der Waals surface area contributed by atoms with E-state index in [1.807, 2.05) is 4.90 Å². The molecule has 2 aliphatic heterocycles. The molecule has 0 spiro atoms. The monoisotopic (exact) mass is 555 g/mol. The minimum atomic E-state index is -1.06. The van der Waals surface area contributed by atoms with Crippen LogP contribution in [0.2, 0.25) is 0 Å². The number of nitrogens with one attached hydrogen (secondary N) is 2. The normalized spacial score (nSPS) is 30.8. The maximum Gasteiger partial charge on any atom is 0.330 e. The molecule has 2 saturated heterocycles. The van der Waals surface area contributed by atoms with Gasteiger partial charge in [0.15, 0.2) is 12.5 Å². The average molecular weight is 556 g/mol. The fourth-order valence-electron chi connectivity index (χ4n) is 4.88. The molecular formula is C23H33N5O11. The van der Waals surface area contributed by atoms with Crippen LogP contribution in [0.5, 0.6) is 0 Å². The van der Waals surface area contributed by atoms with E-state index in [9.17, 15) is 29.4 Å². The molecule has 16 heteroatoms. The van der Waals surface area contributed by atoms with Gasteiger partial charge in [0, 0.05) is 51.8 Å². The standard InChI is InChI=1S/C23H33N5O11/c1-26(10-12-16(32)18(35-2)20(38-12)27-6-4-14(30)24-22(27)33)8-9-37-17-13(11-29)39-21(19(17)36-3)28-7-5-15(31)25-23(28)34/h4-7,12-13,16-21,29,32H,8-11H2,1-3H3,(H,24,30,33)(H,25,31,34)/t12-,13-,16-,17-,18-,19-,20-,21-/m1/s1. The van der Waals surface area contributed by atoms with E-state index in [-0.39, 0.29) is 19.8 Å². The van der Waals surface area contributed by atoms with Gasteiger partial charge in [-0.1, -0.05) is 0 Å². The first-order valence-corrected chi connectivity index (χ1v) is 12.3. The van der Waals surface area contributed by atoms with E-state index in [0.717, 1.165) is 4.57 Å². The molecule has 4 heterocycles. The lowest BCUT2D eigenvalue weighted by Gasteiger charge is -2.26.